The lowest BCUT2D eigenvalue weighted by atomic mass is 9.98. The Kier molecular flexibility index (Phi) is 4.79. The zero-order valence-corrected chi connectivity index (χ0v) is 13.9. The van der Waals surface area contributed by atoms with Crippen molar-refractivity contribution in [3.8, 4) is 28.0 Å². The molecule has 25 heavy (non-hydrogen) atoms. The highest BCUT2D eigenvalue weighted by atomic mass is 19.2. The summed E-state index contributed by atoms with van der Waals surface area (Å²) < 4.78 is 47.4. The lowest BCUT2D eigenvalue weighted by molar-refractivity contribution is 0.372. The zero-order valence-electron chi connectivity index (χ0n) is 13.9. The van der Waals surface area contributed by atoms with Gasteiger partial charge in [0.05, 0.1) is 7.11 Å². The number of aryl methyl sites for hydroxylation is 1. The van der Waals surface area contributed by atoms with Gasteiger partial charge in [0.15, 0.2) is 11.6 Å². The Morgan fingerprint density at radius 2 is 1.40 bits per heavy atom. The lowest BCUT2D eigenvalue weighted by Gasteiger charge is -2.10. The van der Waals surface area contributed by atoms with Gasteiger partial charge in [-0.05, 0) is 41.3 Å². The molecule has 128 valence electrons. The first kappa shape index (κ1) is 17.1. The van der Waals surface area contributed by atoms with Crippen LogP contribution in [0.1, 0.15) is 12.5 Å². The van der Waals surface area contributed by atoms with Gasteiger partial charge in [-0.15, -0.1) is 0 Å². The van der Waals surface area contributed by atoms with E-state index in [1.54, 1.807) is 12.1 Å². The number of benzene rings is 3. The van der Waals surface area contributed by atoms with Gasteiger partial charge in [-0.1, -0.05) is 43.3 Å². The number of ether oxygens (including phenoxy) is 1. The fourth-order valence-electron chi connectivity index (χ4n) is 2.75. The zero-order chi connectivity index (χ0) is 18.0. The summed E-state index contributed by atoms with van der Waals surface area (Å²) >= 11 is 0. The maximum Gasteiger partial charge on any atom is 0.201 e. The van der Waals surface area contributed by atoms with Crippen LogP contribution in [0.25, 0.3) is 22.3 Å². The van der Waals surface area contributed by atoms with Crippen molar-refractivity contribution in [2.45, 2.75) is 13.3 Å². The van der Waals surface area contributed by atoms with Crippen LogP contribution in [0, 0.1) is 17.5 Å². The number of methoxy groups -OCH3 is 1. The van der Waals surface area contributed by atoms with Crippen molar-refractivity contribution in [1.29, 1.82) is 0 Å². The topological polar surface area (TPSA) is 9.23 Å². The van der Waals surface area contributed by atoms with Gasteiger partial charge in [0.1, 0.15) is 5.82 Å². The molecular weight excluding hydrogens is 325 g/mol. The minimum Gasteiger partial charge on any atom is -0.494 e. The molecule has 0 aliphatic rings. The molecule has 0 unspecified atom stereocenters. The fraction of sp³-hybridized carbons (Fsp3) is 0.143. The number of hydrogen-bond acceptors (Lipinski definition) is 1. The molecule has 1 nitrogen and oxygen atoms in total. The van der Waals surface area contributed by atoms with Gasteiger partial charge in [0.2, 0.25) is 5.82 Å². The van der Waals surface area contributed by atoms with Crippen molar-refractivity contribution in [3.05, 3.63) is 77.6 Å². The third-order valence-corrected chi connectivity index (χ3v) is 4.22. The lowest BCUT2D eigenvalue weighted by Crippen LogP contribution is -1.95. The molecule has 0 atom stereocenters. The van der Waals surface area contributed by atoms with E-state index in [1.807, 2.05) is 31.2 Å². The van der Waals surface area contributed by atoms with Gasteiger partial charge in [0.25, 0.3) is 0 Å². The Morgan fingerprint density at radius 1 is 0.760 bits per heavy atom. The normalized spacial score (nSPS) is 10.8. The van der Waals surface area contributed by atoms with Crippen molar-refractivity contribution < 1.29 is 17.9 Å². The Balaban J connectivity index is 2.01. The van der Waals surface area contributed by atoms with E-state index in [9.17, 15) is 13.2 Å². The molecule has 3 rings (SSSR count). The first-order valence-electron chi connectivity index (χ1n) is 7.96. The Labute approximate surface area is 144 Å². The van der Waals surface area contributed by atoms with Gasteiger partial charge in [-0.3, -0.25) is 0 Å². The fourth-order valence-corrected chi connectivity index (χ4v) is 2.75. The van der Waals surface area contributed by atoms with Crippen molar-refractivity contribution in [3.63, 3.8) is 0 Å². The van der Waals surface area contributed by atoms with Crippen LogP contribution < -0.4 is 4.74 Å². The average Bonchev–Trinajstić information content (AvgIpc) is 2.64. The number of hydrogen-bond donors (Lipinski definition) is 0. The summed E-state index contributed by atoms with van der Waals surface area (Å²) in [6.45, 7) is 2.05. The van der Waals surface area contributed by atoms with E-state index in [-0.39, 0.29) is 16.9 Å². The van der Waals surface area contributed by atoms with Crippen LogP contribution in [0.5, 0.6) is 5.75 Å². The molecule has 3 aromatic rings. The summed E-state index contributed by atoms with van der Waals surface area (Å²) in [5.74, 6) is -2.81. The summed E-state index contributed by atoms with van der Waals surface area (Å²) in [6.07, 6.45) is 0.907. The highest BCUT2D eigenvalue weighted by Crippen LogP contribution is 2.32. The second kappa shape index (κ2) is 7.01. The molecule has 0 heterocycles. The first-order valence-corrected chi connectivity index (χ1v) is 7.96. The van der Waals surface area contributed by atoms with Gasteiger partial charge < -0.3 is 4.74 Å². The first-order chi connectivity index (χ1) is 12.0. The third-order valence-electron chi connectivity index (χ3n) is 4.22. The van der Waals surface area contributed by atoms with Crippen LogP contribution in [0.15, 0.2) is 54.6 Å². The standard InChI is InChI=1S/C21H17F3O/c1-3-13-4-6-14(7-5-13)16-9-8-15(12-18(16)22)17-10-11-19(25-2)21(24)20(17)23/h4-12H,3H2,1-2H3. The number of rotatable bonds is 4. The van der Waals surface area contributed by atoms with Crippen LogP contribution in [-0.4, -0.2) is 7.11 Å². The average molecular weight is 342 g/mol. The molecule has 3 aromatic carbocycles. The van der Waals surface area contributed by atoms with Crippen molar-refractivity contribution >= 4 is 0 Å². The smallest absolute Gasteiger partial charge is 0.201 e. The Morgan fingerprint density at radius 3 is 2.00 bits per heavy atom. The van der Waals surface area contributed by atoms with Crippen LogP contribution in [0.4, 0.5) is 13.2 Å². The van der Waals surface area contributed by atoms with Gasteiger partial charge in [-0.2, -0.15) is 4.39 Å². The highest BCUT2D eigenvalue weighted by Gasteiger charge is 2.16. The Bertz CT molecular complexity index is 902. The van der Waals surface area contributed by atoms with Crippen molar-refractivity contribution in [2.24, 2.45) is 0 Å². The molecule has 0 aliphatic carbocycles. The summed E-state index contributed by atoms with van der Waals surface area (Å²) in [4.78, 5) is 0. The van der Waals surface area contributed by atoms with E-state index in [4.69, 9.17) is 4.74 Å². The molecule has 0 fully saturated rings. The summed E-state index contributed by atoms with van der Waals surface area (Å²) in [5, 5.41) is 0. The summed E-state index contributed by atoms with van der Waals surface area (Å²) in [7, 11) is 1.26. The maximum atomic E-state index is 14.5. The predicted octanol–water partition coefficient (Wildman–Crippen LogP) is 6.01. The van der Waals surface area contributed by atoms with Crippen LogP contribution in [-0.2, 0) is 6.42 Å². The molecule has 0 radical (unpaired) electrons. The largest absolute Gasteiger partial charge is 0.494 e. The molecule has 0 saturated carbocycles. The molecule has 0 N–H and O–H groups in total. The molecule has 0 aromatic heterocycles. The van der Waals surface area contributed by atoms with Crippen molar-refractivity contribution in [2.75, 3.05) is 7.11 Å². The molecule has 0 amide bonds. The molecule has 0 aliphatic heterocycles. The summed E-state index contributed by atoms with van der Waals surface area (Å²) in [5.41, 5.74) is 2.58. The Hall–Kier alpha value is -2.75. The number of halogens is 3. The quantitative estimate of drug-likeness (QED) is 0.564. The molecule has 0 spiro atoms. The van der Waals surface area contributed by atoms with Gasteiger partial charge in [0, 0.05) is 11.1 Å². The van der Waals surface area contributed by atoms with Gasteiger partial charge in [-0.25, -0.2) is 8.78 Å². The van der Waals surface area contributed by atoms with Crippen LogP contribution >= 0.6 is 0 Å². The SMILES string of the molecule is CCc1ccc(-c2ccc(-c3ccc(OC)c(F)c3F)cc2F)cc1. The molecule has 4 heteroatoms. The minimum absolute atomic E-state index is 0.00918. The molecular formula is C21H17F3O. The second-order valence-corrected chi connectivity index (χ2v) is 5.69. The van der Waals surface area contributed by atoms with E-state index in [0.717, 1.165) is 17.5 Å². The van der Waals surface area contributed by atoms with Crippen molar-refractivity contribution in [1.82, 2.24) is 0 Å². The van der Waals surface area contributed by atoms with E-state index in [0.29, 0.717) is 5.56 Å². The second-order valence-electron chi connectivity index (χ2n) is 5.69. The highest BCUT2D eigenvalue weighted by molar-refractivity contribution is 5.72. The summed E-state index contributed by atoms with van der Waals surface area (Å²) in [6, 6.07) is 14.7. The molecule has 0 bridgehead atoms. The monoisotopic (exact) mass is 342 g/mol. The van der Waals surface area contributed by atoms with Crippen LogP contribution in [0.2, 0.25) is 0 Å². The van der Waals surface area contributed by atoms with Crippen LogP contribution in [0.3, 0.4) is 0 Å². The maximum absolute atomic E-state index is 14.5. The van der Waals surface area contributed by atoms with E-state index >= 15 is 0 Å². The van der Waals surface area contributed by atoms with E-state index < -0.39 is 17.5 Å². The third kappa shape index (κ3) is 3.25. The minimum atomic E-state index is -1.08. The van der Waals surface area contributed by atoms with Gasteiger partial charge >= 0.3 is 0 Å². The van der Waals surface area contributed by atoms with E-state index in [2.05, 4.69) is 0 Å². The molecule has 0 saturated heterocycles. The predicted molar refractivity (Wildman–Crippen MR) is 93.1 cm³/mol. The van der Waals surface area contributed by atoms with E-state index in [1.165, 1.54) is 25.3 Å².